The third kappa shape index (κ3) is 3.71. The molecule has 1 aliphatic rings. The molecule has 21 heavy (non-hydrogen) atoms. The van der Waals surface area contributed by atoms with Crippen LogP contribution in [0.2, 0.25) is 0 Å². The minimum atomic E-state index is -0.432. The Morgan fingerprint density at radius 1 is 1.43 bits per heavy atom. The largest absolute Gasteiger partial charge is 0.382 e. The lowest BCUT2D eigenvalue weighted by molar-refractivity contribution is -0.120. The lowest BCUT2D eigenvalue weighted by atomic mass is 10.1. The van der Waals surface area contributed by atoms with E-state index in [9.17, 15) is 14.0 Å². The van der Waals surface area contributed by atoms with E-state index in [1.165, 1.54) is 12.1 Å². The first kappa shape index (κ1) is 15.3. The second kappa shape index (κ2) is 7.06. The van der Waals surface area contributed by atoms with Crippen LogP contribution in [0, 0.1) is 5.82 Å². The molecule has 114 valence electrons. The van der Waals surface area contributed by atoms with Crippen molar-refractivity contribution in [1.29, 1.82) is 0 Å². The molecule has 2 rings (SSSR count). The highest BCUT2D eigenvalue weighted by Crippen LogP contribution is 2.22. The number of hydrogen-bond donors (Lipinski definition) is 2. The van der Waals surface area contributed by atoms with E-state index >= 15 is 0 Å². The van der Waals surface area contributed by atoms with Gasteiger partial charge in [0, 0.05) is 32.6 Å². The fourth-order valence-corrected chi connectivity index (χ4v) is 2.27. The molecule has 0 bridgehead atoms. The van der Waals surface area contributed by atoms with Gasteiger partial charge in [0.1, 0.15) is 5.82 Å². The number of halogens is 1. The predicted molar refractivity (Wildman–Crippen MR) is 78.7 cm³/mol. The SMILES string of the molecule is CCCNc1c(F)cccc1C(=O)N1CCNC(=O)CC1. The van der Waals surface area contributed by atoms with E-state index in [1.54, 1.807) is 11.0 Å². The van der Waals surface area contributed by atoms with Gasteiger partial charge in [-0.15, -0.1) is 0 Å². The third-order valence-electron chi connectivity index (χ3n) is 3.40. The maximum absolute atomic E-state index is 13.9. The zero-order valence-corrected chi connectivity index (χ0v) is 12.1. The summed E-state index contributed by atoms with van der Waals surface area (Å²) in [6.07, 6.45) is 1.11. The molecule has 1 aliphatic heterocycles. The van der Waals surface area contributed by atoms with Gasteiger partial charge in [0.05, 0.1) is 11.3 Å². The standard InChI is InChI=1S/C15H20FN3O2/c1-2-7-18-14-11(4-3-5-12(14)16)15(21)19-9-6-13(20)17-8-10-19/h3-5,18H,2,6-10H2,1H3,(H,17,20). The summed E-state index contributed by atoms with van der Waals surface area (Å²) in [6, 6.07) is 4.48. The molecular formula is C15H20FN3O2. The van der Waals surface area contributed by atoms with Crippen molar-refractivity contribution in [3.63, 3.8) is 0 Å². The summed E-state index contributed by atoms with van der Waals surface area (Å²) in [5.74, 6) is -0.739. The molecule has 0 aliphatic carbocycles. The second-order valence-corrected chi connectivity index (χ2v) is 4.98. The molecule has 0 radical (unpaired) electrons. The first-order chi connectivity index (χ1) is 10.1. The number of para-hydroxylation sites is 1. The number of rotatable bonds is 4. The minimum Gasteiger partial charge on any atom is -0.382 e. The first-order valence-corrected chi connectivity index (χ1v) is 7.22. The average Bonchev–Trinajstić information content (AvgIpc) is 2.70. The van der Waals surface area contributed by atoms with Gasteiger partial charge in [0.25, 0.3) is 5.91 Å². The Hall–Kier alpha value is -2.11. The maximum Gasteiger partial charge on any atom is 0.256 e. The average molecular weight is 293 g/mol. The lowest BCUT2D eigenvalue weighted by Crippen LogP contribution is -2.34. The Bertz CT molecular complexity index is 534. The van der Waals surface area contributed by atoms with Gasteiger partial charge in [-0.05, 0) is 18.6 Å². The van der Waals surface area contributed by atoms with Gasteiger partial charge < -0.3 is 15.5 Å². The molecule has 2 amide bonds. The summed E-state index contributed by atoms with van der Waals surface area (Å²) >= 11 is 0. The van der Waals surface area contributed by atoms with Crippen LogP contribution in [0.25, 0.3) is 0 Å². The Balaban J connectivity index is 2.21. The second-order valence-electron chi connectivity index (χ2n) is 4.98. The number of anilines is 1. The van der Waals surface area contributed by atoms with Crippen LogP contribution in [0.5, 0.6) is 0 Å². The number of carbonyl (C=O) groups excluding carboxylic acids is 2. The van der Waals surface area contributed by atoms with E-state index in [0.29, 0.717) is 31.7 Å². The van der Waals surface area contributed by atoms with Crippen LogP contribution >= 0.6 is 0 Å². The number of benzene rings is 1. The van der Waals surface area contributed by atoms with E-state index in [0.717, 1.165) is 6.42 Å². The van der Waals surface area contributed by atoms with Crippen LogP contribution in [0.1, 0.15) is 30.1 Å². The smallest absolute Gasteiger partial charge is 0.256 e. The lowest BCUT2D eigenvalue weighted by Gasteiger charge is -2.21. The Kier molecular flexibility index (Phi) is 5.14. The summed E-state index contributed by atoms with van der Waals surface area (Å²) in [5, 5.41) is 5.69. The van der Waals surface area contributed by atoms with Crippen molar-refractivity contribution in [2.45, 2.75) is 19.8 Å². The maximum atomic E-state index is 13.9. The van der Waals surface area contributed by atoms with Crippen LogP contribution in [0.15, 0.2) is 18.2 Å². The summed E-state index contributed by atoms with van der Waals surface area (Å²) in [7, 11) is 0. The van der Waals surface area contributed by atoms with Gasteiger partial charge in [0.15, 0.2) is 0 Å². The monoisotopic (exact) mass is 293 g/mol. The van der Waals surface area contributed by atoms with Crippen molar-refractivity contribution >= 4 is 17.5 Å². The van der Waals surface area contributed by atoms with Crippen molar-refractivity contribution < 1.29 is 14.0 Å². The molecule has 5 nitrogen and oxygen atoms in total. The van der Waals surface area contributed by atoms with E-state index in [1.807, 2.05) is 6.92 Å². The topological polar surface area (TPSA) is 61.4 Å². The van der Waals surface area contributed by atoms with Crippen molar-refractivity contribution in [2.75, 3.05) is 31.5 Å². The fourth-order valence-electron chi connectivity index (χ4n) is 2.27. The molecule has 0 saturated carbocycles. The van der Waals surface area contributed by atoms with Gasteiger partial charge in [-0.2, -0.15) is 0 Å². The molecule has 0 atom stereocenters. The molecule has 0 spiro atoms. The number of hydrogen-bond acceptors (Lipinski definition) is 3. The van der Waals surface area contributed by atoms with Gasteiger partial charge in [-0.1, -0.05) is 13.0 Å². The van der Waals surface area contributed by atoms with E-state index in [2.05, 4.69) is 10.6 Å². The highest BCUT2D eigenvalue weighted by atomic mass is 19.1. The quantitative estimate of drug-likeness (QED) is 0.886. The Morgan fingerprint density at radius 2 is 2.24 bits per heavy atom. The zero-order chi connectivity index (χ0) is 15.2. The van der Waals surface area contributed by atoms with Gasteiger partial charge in [0.2, 0.25) is 5.91 Å². The first-order valence-electron chi connectivity index (χ1n) is 7.22. The fraction of sp³-hybridized carbons (Fsp3) is 0.467. The van der Waals surface area contributed by atoms with E-state index in [4.69, 9.17) is 0 Å². The molecule has 0 unspecified atom stereocenters. The number of nitrogens with one attached hydrogen (secondary N) is 2. The van der Waals surface area contributed by atoms with Crippen LogP contribution in [0.3, 0.4) is 0 Å². The van der Waals surface area contributed by atoms with Crippen LogP contribution in [-0.2, 0) is 4.79 Å². The highest BCUT2D eigenvalue weighted by molar-refractivity contribution is 6.00. The van der Waals surface area contributed by atoms with E-state index < -0.39 is 5.82 Å². The van der Waals surface area contributed by atoms with Crippen LogP contribution < -0.4 is 10.6 Å². The van der Waals surface area contributed by atoms with Crippen molar-refractivity contribution in [1.82, 2.24) is 10.2 Å². The van der Waals surface area contributed by atoms with Crippen LogP contribution in [0.4, 0.5) is 10.1 Å². The third-order valence-corrected chi connectivity index (χ3v) is 3.40. The predicted octanol–water partition coefficient (Wildman–Crippen LogP) is 1.61. The number of amides is 2. The van der Waals surface area contributed by atoms with Crippen molar-refractivity contribution in [2.24, 2.45) is 0 Å². The molecule has 1 saturated heterocycles. The normalized spacial score (nSPS) is 15.3. The van der Waals surface area contributed by atoms with Crippen molar-refractivity contribution in [3.8, 4) is 0 Å². The van der Waals surface area contributed by atoms with Gasteiger partial charge in [-0.3, -0.25) is 9.59 Å². The summed E-state index contributed by atoms with van der Waals surface area (Å²) < 4.78 is 13.9. The minimum absolute atomic E-state index is 0.0612. The summed E-state index contributed by atoms with van der Waals surface area (Å²) in [5.41, 5.74) is 0.561. The number of nitrogens with zero attached hydrogens (tertiary/aromatic N) is 1. The van der Waals surface area contributed by atoms with Crippen LogP contribution in [-0.4, -0.2) is 42.9 Å². The molecule has 0 aromatic heterocycles. The molecule has 1 aromatic carbocycles. The molecule has 1 aromatic rings. The molecule has 6 heteroatoms. The highest BCUT2D eigenvalue weighted by Gasteiger charge is 2.23. The summed E-state index contributed by atoms with van der Waals surface area (Å²) in [6.45, 7) is 3.79. The summed E-state index contributed by atoms with van der Waals surface area (Å²) in [4.78, 5) is 25.5. The van der Waals surface area contributed by atoms with Gasteiger partial charge >= 0.3 is 0 Å². The van der Waals surface area contributed by atoms with E-state index in [-0.39, 0.29) is 23.9 Å². The van der Waals surface area contributed by atoms with Crippen molar-refractivity contribution in [3.05, 3.63) is 29.6 Å². The molecule has 1 fully saturated rings. The molecule has 2 N–H and O–H groups in total. The molecular weight excluding hydrogens is 273 g/mol. The Morgan fingerprint density at radius 3 is 3.00 bits per heavy atom. The number of carbonyl (C=O) groups is 2. The van der Waals surface area contributed by atoms with Gasteiger partial charge in [-0.25, -0.2) is 4.39 Å². The zero-order valence-electron chi connectivity index (χ0n) is 12.1. The molecule has 1 heterocycles. The Labute approximate surface area is 123 Å².